The molecule has 0 aliphatic carbocycles. The third kappa shape index (κ3) is 3.60. The standard InChI is InChI=1S/C27H25OP/c1-22(27(28)23-14-6-2-7-15-23)29(24-16-8-3-9-17-24,25-18-10-4-11-19-25)26-20-12-5-13-21-26/h2-21,27-28H,1H3. The van der Waals surface area contributed by atoms with Crippen LogP contribution in [0.4, 0.5) is 0 Å². The molecule has 144 valence electrons. The maximum Gasteiger partial charge on any atom is 0.101 e. The van der Waals surface area contributed by atoms with Crippen molar-refractivity contribution >= 4 is 28.1 Å². The van der Waals surface area contributed by atoms with Crippen molar-refractivity contribution in [3.63, 3.8) is 0 Å². The first kappa shape index (κ1) is 19.5. The van der Waals surface area contributed by atoms with E-state index in [1.54, 1.807) is 0 Å². The maximum absolute atomic E-state index is 11.5. The largest absolute Gasteiger partial charge is 0.384 e. The zero-order chi connectivity index (χ0) is 20.1. The fourth-order valence-corrected chi connectivity index (χ4v) is 8.56. The van der Waals surface area contributed by atoms with E-state index in [1.807, 2.05) is 30.3 Å². The summed E-state index contributed by atoms with van der Waals surface area (Å²) in [5.74, 6) is 0. The molecule has 0 bridgehead atoms. The molecule has 4 aromatic rings. The lowest BCUT2D eigenvalue weighted by molar-refractivity contribution is 0.249. The molecule has 4 rings (SSSR count). The Morgan fingerprint density at radius 2 is 0.862 bits per heavy atom. The number of rotatable bonds is 5. The highest BCUT2D eigenvalue weighted by atomic mass is 31.2. The second-order valence-electron chi connectivity index (χ2n) is 7.13. The summed E-state index contributed by atoms with van der Waals surface area (Å²) in [4.78, 5) is 0. The Labute approximate surface area is 173 Å². The van der Waals surface area contributed by atoms with Crippen molar-refractivity contribution in [1.29, 1.82) is 0 Å². The Bertz CT molecular complexity index is 1000. The smallest absolute Gasteiger partial charge is 0.101 e. The minimum atomic E-state index is -2.20. The summed E-state index contributed by atoms with van der Waals surface area (Å²) in [6.07, 6.45) is -0.648. The van der Waals surface area contributed by atoms with Gasteiger partial charge in [0.05, 0.1) is 0 Å². The van der Waals surface area contributed by atoms with Crippen LogP contribution in [0.25, 0.3) is 0 Å². The van der Waals surface area contributed by atoms with Crippen LogP contribution in [-0.4, -0.2) is 10.4 Å². The van der Waals surface area contributed by atoms with Gasteiger partial charge < -0.3 is 5.11 Å². The number of hydrogen-bond acceptors (Lipinski definition) is 1. The maximum atomic E-state index is 11.5. The minimum Gasteiger partial charge on any atom is -0.384 e. The number of benzene rings is 4. The van der Waals surface area contributed by atoms with Crippen LogP contribution in [0.5, 0.6) is 0 Å². The van der Waals surface area contributed by atoms with Gasteiger partial charge >= 0.3 is 0 Å². The van der Waals surface area contributed by atoms with Crippen LogP contribution in [-0.2, 0) is 0 Å². The average molecular weight is 396 g/mol. The first-order valence-electron chi connectivity index (χ1n) is 9.87. The van der Waals surface area contributed by atoms with E-state index < -0.39 is 13.0 Å². The summed E-state index contributed by atoms with van der Waals surface area (Å²) >= 11 is 0. The number of aliphatic hydroxyl groups is 1. The first-order valence-corrected chi connectivity index (χ1v) is 11.7. The summed E-state index contributed by atoms with van der Waals surface area (Å²) in [6.45, 7) is -0.0758. The third-order valence-corrected chi connectivity index (χ3v) is 9.99. The van der Waals surface area contributed by atoms with E-state index in [0.717, 1.165) is 10.9 Å². The molecule has 0 saturated carbocycles. The SMILES string of the molecule is CC(C(O)c1ccccc1)=P(c1ccccc1)(c1ccccc1)c1ccccc1. The second-order valence-corrected chi connectivity index (χ2v) is 10.7. The van der Waals surface area contributed by atoms with Crippen LogP contribution < -0.4 is 15.9 Å². The van der Waals surface area contributed by atoms with Crippen molar-refractivity contribution in [2.45, 2.75) is 13.0 Å². The summed E-state index contributed by atoms with van der Waals surface area (Å²) < 4.78 is 0. The fourth-order valence-electron chi connectivity index (χ4n) is 4.07. The predicted molar refractivity (Wildman–Crippen MR) is 127 cm³/mol. The van der Waals surface area contributed by atoms with Crippen LogP contribution in [0.15, 0.2) is 121 Å². The molecular formula is C27H25OP. The van der Waals surface area contributed by atoms with Gasteiger partial charge in [-0.2, -0.15) is 0 Å². The van der Waals surface area contributed by atoms with Gasteiger partial charge in [0.2, 0.25) is 0 Å². The Kier molecular flexibility index (Phi) is 5.81. The van der Waals surface area contributed by atoms with Gasteiger partial charge in [0.15, 0.2) is 0 Å². The van der Waals surface area contributed by atoms with Gasteiger partial charge in [0.25, 0.3) is 0 Å². The predicted octanol–water partition coefficient (Wildman–Crippen LogP) is 4.91. The van der Waals surface area contributed by atoms with E-state index in [1.165, 1.54) is 15.9 Å². The van der Waals surface area contributed by atoms with E-state index in [0.29, 0.717) is 0 Å². The normalized spacial score (nSPS) is 12.3. The molecule has 0 aliphatic heterocycles. The lowest BCUT2D eigenvalue weighted by atomic mass is 10.1. The highest BCUT2D eigenvalue weighted by Gasteiger charge is 2.30. The van der Waals surface area contributed by atoms with Crippen LogP contribution in [0, 0.1) is 0 Å². The summed E-state index contributed by atoms with van der Waals surface area (Å²) in [5, 5.41) is 16.4. The fraction of sp³-hybridized carbons (Fsp3) is 0.0741. The first-order chi connectivity index (χ1) is 14.2. The second kappa shape index (κ2) is 8.66. The summed E-state index contributed by atoms with van der Waals surface area (Å²) in [5.41, 5.74) is 0.928. The van der Waals surface area contributed by atoms with Gasteiger partial charge in [-0.1, -0.05) is 121 Å². The van der Waals surface area contributed by atoms with Crippen LogP contribution in [0.2, 0.25) is 0 Å². The molecule has 29 heavy (non-hydrogen) atoms. The van der Waals surface area contributed by atoms with Crippen molar-refractivity contribution in [1.82, 2.24) is 0 Å². The van der Waals surface area contributed by atoms with Crippen molar-refractivity contribution in [2.24, 2.45) is 0 Å². The highest BCUT2D eigenvalue weighted by Crippen LogP contribution is 2.48. The highest BCUT2D eigenvalue weighted by molar-refractivity contribution is 7.95. The molecule has 0 aromatic heterocycles. The zero-order valence-corrected chi connectivity index (χ0v) is 17.4. The molecule has 0 heterocycles. The Balaban J connectivity index is 2.14. The molecule has 1 nitrogen and oxygen atoms in total. The van der Waals surface area contributed by atoms with Crippen LogP contribution >= 0.6 is 6.89 Å². The molecule has 1 atom stereocenters. The molecule has 4 aromatic carbocycles. The molecule has 0 spiro atoms. The number of aliphatic hydroxyl groups excluding tert-OH is 1. The molecule has 2 heteroatoms. The van der Waals surface area contributed by atoms with E-state index >= 15 is 0 Å². The van der Waals surface area contributed by atoms with Crippen molar-refractivity contribution < 1.29 is 5.11 Å². The van der Waals surface area contributed by atoms with Gasteiger partial charge in [-0.3, -0.25) is 0 Å². The number of hydrogen-bond donors (Lipinski definition) is 1. The lowest BCUT2D eigenvalue weighted by Crippen LogP contribution is -2.31. The Morgan fingerprint density at radius 3 is 1.21 bits per heavy atom. The Hall–Kier alpha value is -2.86. The quantitative estimate of drug-likeness (QED) is 0.476. The average Bonchev–Trinajstić information content (AvgIpc) is 2.82. The molecule has 0 amide bonds. The van der Waals surface area contributed by atoms with Gasteiger partial charge in [0, 0.05) is 0 Å². The van der Waals surface area contributed by atoms with Crippen molar-refractivity contribution in [3.05, 3.63) is 127 Å². The zero-order valence-electron chi connectivity index (χ0n) is 16.5. The monoisotopic (exact) mass is 396 g/mol. The van der Waals surface area contributed by atoms with E-state index in [9.17, 15) is 5.11 Å². The van der Waals surface area contributed by atoms with Gasteiger partial charge in [-0.15, -0.1) is 0 Å². The molecule has 1 unspecified atom stereocenters. The molecule has 0 fully saturated rings. The van der Waals surface area contributed by atoms with E-state index in [-0.39, 0.29) is 0 Å². The van der Waals surface area contributed by atoms with Crippen LogP contribution in [0.3, 0.4) is 0 Å². The van der Waals surface area contributed by atoms with E-state index in [2.05, 4.69) is 97.9 Å². The molecule has 0 saturated heterocycles. The van der Waals surface area contributed by atoms with Crippen molar-refractivity contribution in [3.8, 4) is 0 Å². The summed E-state index contributed by atoms with van der Waals surface area (Å²) in [6, 6.07) is 41.9. The lowest BCUT2D eigenvalue weighted by Gasteiger charge is -2.33. The van der Waals surface area contributed by atoms with Gasteiger partial charge in [-0.25, -0.2) is 0 Å². The summed E-state index contributed by atoms with van der Waals surface area (Å²) in [7, 11) is 0. The molecule has 0 aliphatic rings. The van der Waals surface area contributed by atoms with E-state index in [4.69, 9.17) is 0 Å². The topological polar surface area (TPSA) is 20.2 Å². The van der Waals surface area contributed by atoms with Gasteiger partial charge in [-0.05, 0) is 40.6 Å². The molecular weight excluding hydrogens is 371 g/mol. The minimum absolute atomic E-state index is 0.648. The third-order valence-electron chi connectivity index (χ3n) is 5.47. The molecule has 1 N–H and O–H groups in total. The van der Waals surface area contributed by atoms with Gasteiger partial charge in [0.1, 0.15) is 6.10 Å². The molecule has 0 radical (unpaired) electrons. The van der Waals surface area contributed by atoms with Crippen LogP contribution in [0.1, 0.15) is 18.6 Å². The Morgan fingerprint density at radius 1 is 0.552 bits per heavy atom. The van der Waals surface area contributed by atoms with Crippen molar-refractivity contribution in [2.75, 3.05) is 0 Å².